The van der Waals surface area contributed by atoms with Gasteiger partial charge in [-0.05, 0) is 79.9 Å². The fourth-order valence-electron chi connectivity index (χ4n) is 6.36. The molecule has 0 N–H and O–H groups in total. The Bertz CT molecular complexity index is 955. The van der Waals surface area contributed by atoms with E-state index in [1.165, 1.54) is 51.0 Å². The van der Waals surface area contributed by atoms with Crippen molar-refractivity contribution >= 4 is 0 Å². The maximum atomic E-state index is 14.8. The molecule has 0 spiro atoms. The van der Waals surface area contributed by atoms with Crippen LogP contribution in [0.4, 0.5) is 26.3 Å². The van der Waals surface area contributed by atoms with E-state index in [-0.39, 0.29) is 5.92 Å². The largest absolute Gasteiger partial charge is 0.433 e. The normalized spacial score (nSPS) is 29.8. The van der Waals surface area contributed by atoms with Crippen molar-refractivity contribution in [2.45, 2.75) is 102 Å². The maximum Gasteiger partial charge on any atom is 0.429 e. The van der Waals surface area contributed by atoms with Crippen LogP contribution in [0.1, 0.15) is 101 Å². The summed E-state index contributed by atoms with van der Waals surface area (Å²) in [5, 5.41) is 0. The molecule has 4 rings (SSSR count). The standard InChI is InChI=1S/C29H36F6O/c1-2-3-4-18-5-7-19(8-6-18)20-9-11-21(12-10-20)22-13-14-24(25(30)15-22)29(34,35)36-23-16-26(31)28(33)27(32)17-23/h13-16,18-21,27H,2-12,17H2,1H3. The van der Waals surface area contributed by atoms with Crippen molar-refractivity contribution in [2.75, 3.05) is 0 Å². The molecular formula is C29H36F6O. The summed E-state index contributed by atoms with van der Waals surface area (Å²) in [6.45, 7) is 2.24. The highest BCUT2D eigenvalue weighted by Gasteiger charge is 2.40. The van der Waals surface area contributed by atoms with Crippen molar-refractivity contribution < 1.29 is 31.1 Å². The minimum atomic E-state index is -4.14. The lowest BCUT2D eigenvalue weighted by Gasteiger charge is -2.38. The lowest BCUT2D eigenvalue weighted by atomic mass is 9.68. The Morgan fingerprint density at radius 3 is 2.14 bits per heavy atom. The lowest BCUT2D eigenvalue weighted by molar-refractivity contribution is -0.228. The Kier molecular flexibility index (Phi) is 8.77. The quantitative estimate of drug-likeness (QED) is 0.314. The van der Waals surface area contributed by atoms with E-state index in [1.54, 1.807) is 0 Å². The second-order valence-corrected chi connectivity index (χ2v) is 10.9. The van der Waals surface area contributed by atoms with Crippen LogP contribution in [-0.2, 0) is 10.8 Å². The number of benzene rings is 1. The van der Waals surface area contributed by atoms with E-state index in [0.29, 0.717) is 17.6 Å². The van der Waals surface area contributed by atoms with Gasteiger partial charge in [0.1, 0.15) is 11.6 Å². The topological polar surface area (TPSA) is 9.23 Å². The van der Waals surface area contributed by atoms with Gasteiger partial charge in [0, 0.05) is 12.5 Å². The highest BCUT2D eigenvalue weighted by atomic mass is 19.3. The van der Waals surface area contributed by atoms with E-state index in [0.717, 1.165) is 49.7 Å². The number of allylic oxidation sites excluding steroid dienone is 4. The van der Waals surface area contributed by atoms with Crippen molar-refractivity contribution in [3.8, 4) is 0 Å². The molecule has 2 fully saturated rings. The fourth-order valence-corrected chi connectivity index (χ4v) is 6.36. The van der Waals surface area contributed by atoms with E-state index in [1.807, 2.05) is 0 Å². The predicted octanol–water partition coefficient (Wildman–Crippen LogP) is 9.94. The Morgan fingerprint density at radius 2 is 1.56 bits per heavy atom. The van der Waals surface area contributed by atoms with Crippen molar-refractivity contribution in [3.63, 3.8) is 0 Å². The molecule has 0 saturated heterocycles. The molecule has 2 saturated carbocycles. The third kappa shape index (κ3) is 6.31. The van der Waals surface area contributed by atoms with Crippen LogP contribution in [0.25, 0.3) is 0 Å². The van der Waals surface area contributed by atoms with Crippen LogP contribution in [-0.4, -0.2) is 6.17 Å². The number of hydrogen-bond donors (Lipinski definition) is 0. The molecule has 0 heterocycles. The van der Waals surface area contributed by atoms with Gasteiger partial charge in [-0.2, -0.15) is 8.78 Å². The third-order valence-corrected chi connectivity index (χ3v) is 8.50. The van der Waals surface area contributed by atoms with Crippen molar-refractivity contribution in [3.05, 3.63) is 58.6 Å². The molecule has 1 atom stereocenters. The Balaban J connectivity index is 1.33. The Hall–Kier alpha value is -1.92. The molecule has 0 aromatic heterocycles. The van der Waals surface area contributed by atoms with Gasteiger partial charge in [-0.25, -0.2) is 17.6 Å². The minimum absolute atomic E-state index is 0.121. The summed E-state index contributed by atoms with van der Waals surface area (Å²) in [6, 6.07) is 3.61. The summed E-state index contributed by atoms with van der Waals surface area (Å²) in [5.41, 5.74) is -0.322. The number of ether oxygens (including phenoxy) is 1. The predicted molar refractivity (Wildman–Crippen MR) is 128 cm³/mol. The SMILES string of the molecule is CCCCC1CCC(C2CCC(c3ccc(C(F)(F)OC4=CC(F)=C(F)C(F)C4)c(F)c3)CC2)CC1. The molecule has 1 aromatic carbocycles. The lowest BCUT2D eigenvalue weighted by Crippen LogP contribution is -2.25. The second kappa shape index (κ2) is 11.6. The first-order chi connectivity index (χ1) is 17.2. The van der Waals surface area contributed by atoms with Crippen LogP contribution in [0.3, 0.4) is 0 Å². The van der Waals surface area contributed by atoms with Gasteiger partial charge in [-0.1, -0.05) is 45.1 Å². The van der Waals surface area contributed by atoms with Crippen LogP contribution >= 0.6 is 0 Å². The van der Waals surface area contributed by atoms with Gasteiger partial charge in [0.15, 0.2) is 17.8 Å². The van der Waals surface area contributed by atoms with E-state index in [9.17, 15) is 26.3 Å². The molecule has 0 aliphatic heterocycles. The van der Waals surface area contributed by atoms with Crippen LogP contribution in [0, 0.1) is 23.6 Å². The van der Waals surface area contributed by atoms with Gasteiger partial charge in [0.05, 0.1) is 5.56 Å². The average molecular weight is 515 g/mol. The van der Waals surface area contributed by atoms with Crippen molar-refractivity contribution in [1.29, 1.82) is 0 Å². The molecule has 1 aromatic rings. The molecule has 0 amide bonds. The van der Waals surface area contributed by atoms with E-state index in [4.69, 9.17) is 0 Å². The van der Waals surface area contributed by atoms with Crippen LogP contribution in [0.2, 0.25) is 0 Å². The second-order valence-electron chi connectivity index (χ2n) is 10.9. The first kappa shape index (κ1) is 27.1. The van der Waals surface area contributed by atoms with Crippen molar-refractivity contribution in [2.24, 2.45) is 17.8 Å². The minimum Gasteiger partial charge on any atom is -0.433 e. The zero-order valence-corrected chi connectivity index (χ0v) is 20.9. The molecule has 3 aliphatic carbocycles. The first-order valence-corrected chi connectivity index (χ1v) is 13.4. The highest BCUT2D eigenvalue weighted by Crippen LogP contribution is 2.45. The number of rotatable bonds is 8. The molecule has 36 heavy (non-hydrogen) atoms. The van der Waals surface area contributed by atoms with Crippen LogP contribution in [0.15, 0.2) is 41.7 Å². The van der Waals surface area contributed by atoms with Gasteiger partial charge in [-0.3, -0.25) is 0 Å². The smallest absolute Gasteiger partial charge is 0.429 e. The average Bonchev–Trinajstić information content (AvgIpc) is 2.86. The summed E-state index contributed by atoms with van der Waals surface area (Å²) in [6.07, 6.45) is 6.11. The summed E-state index contributed by atoms with van der Waals surface area (Å²) >= 11 is 0. The molecular weight excluding hydrogens is 478 g/mol. The van der Waals surface area contributed by atoms with Crippen LogP contribution < -0.4 is 0 Å². The summed E-state index contributed by atoms with van der Waals surface area (Å²) in [7, 11) is 0. The molecule has 3 aliphatic rings. The Morgan fingerprint density at radius 1 is 0.917 bits per heavy atom. The number of hydrogen-bond acceptors (Lipinski definition) is 1. The zero-order chi connectivity index (χ0) is 25.9. The molecule has 200 valence electrons. The van der Waals surface area contributed by atoms with Gasteiger partial charge in [-0.15, -0.1) is 0 Å². The van der Waals surface area contributed by atoms with Gasteiger partial charge in [0.25, 0.3) is 0 Å². The van der Waals surface area contributed by atoms with Crippen LogP contribution in [0.5, 0.6) is 0 Å². The Labute approximate surface area is 210 Å². The summed E-state index contributed by atoms with van der Waals surface area (Å²) in [5.74, 6) is -2.69. The highest BCUT2D eigenvalue weighted by molar-refractivity contribution is 5.31. The summed E-state index contributed by atoms with van der Waals surface area (Å²) in [4.78, 5) is 0. The molecule has 1 unspecified atom stereocenters. The van der Waals surface area contributed by atoms with E-state index < -0.39 is 47.5 Å². The van der Waals surface area contributed by atoms with Gasteiger partial charge in [0.2, 0.25) is 0 Å². The summed E-state index contributed by atoms with van der Waals surface area (Å²) < 4.78 is 88.5. The number of halogens is 6. The monoisotopic (exact) mass is 514 g/mol. The molecule has 0 bridgehead atoms. The third-order valence-electron chi connectivity index (χ3n) is 8.50. The zero-order valence-electron chi connectivity index (χ0n) is 20.9. The molecule has 7 heteroatoms. The van der Waals surface area contributed by atoms with E-state index in [2.05, 4.69) is 11.7 Å². The van der Waals surface area contributed by atoms with Gasteiger partial charge >= 0.3 is 6.11 Å². The first-order valence-electron chi connectivity index (χ1n) is 13.4. The number of alkyl halides is 3. The number of unbranched alkanes of at least 4 members (excludes halogenated alkanes) is 1. The fraction of sp³-hybridized carbons (Fsp3) is 0.655. The van der Waals surface area contributed by atoms with Crippen molar-refractivity contribution in [1.82, 2.24) is 0 Å². The van der Waals surface area contributed by atoms with Gasteiger partial charge < -0.3 is 4.74 Å². The van der Waals surface area contributed by atoms with E-state index >= 15 is 0 Å². The molecule has 1 nitrogen and oxygen atoms in total. The maximum absolute atomic E-state index is 14.8. The molecule has 0 radical (unpaired) electrons.